The quantitative estimate of drug-likeness (QED) is 0.382. The molecule has 0 unspecified atom stereocenters. The van der Waals surface area contributed by atoms with Gasteiger partial charge in [-0.05, 0) is 0 Å². The summed E-state index contributed by atoms with van der Waals surface area (Å²) in [5.41, 5.74) is 0. The van der Waals surface area contributed by atoms with Crippen LogP contribution < -0.4 is 0 Å². The van der Waals surface area contributed by atoms with Gasteiger partial charge >= 0.3 is 100 Å². The van der Waals surface area contributed by atoms with Crippen molar-refractivity contribution in [2.45, 2.75) is 0 Å². The number of hydrogen-bond acceptors (Lipinski definition) is 0. The Morgan fingerprint density at radius 3 is 0.750 bits per heavy atom. The maximum atomic E-state index is 0. The van der Waals surface area contributed by atoms with Crippen LogP contribution in [0.3, 0.4) is 0 Å². The third kappa shape index (κ3) is 8.93. The SMILES string of the molecule is O.O.[BaH2].[KH]. The molecule has 0 rings (SSSR count). The van der Waals surface area contributed by atoms with Crippen LogP contribution in [0.2, 0.25) is 0 Å². The van der Waals surface area contributed by atoms with E-state index >= 15 is 0 Å². The fraction of sp³-hybridized carbons (Fsp3) is 0. The summed E-state index contributed by atoms with van der Waals surface area (Å²) in [6, 6.07) is 0. The topological polar surface area (TPSA) is 63.0 Å². The first kappa shape index (κ1) is 27.4. The first-order valence-electron chi connectivity index (χ1n) is 0. The van der Waals surface area contributed by atoms with Gasteiger partial charge in [-0.2, -0.15) is 0 Å². The van der Waals surface area contributed by atoms with Crippen LogP contribution in [-0.4, -0.2) is 111 Å². The summed E-state index contributed by atoms with van der Waals surface area (Å²) in [7, 11) is 0. The second kappa shape index (κ2) is 16.5. The third-order valence-corrected chi connectivity index (χ3v) is 0. The molecule has 0 aromatic rings. The van der Waals surface area contributed by atoms with Gasteiger partial charge in [0.25, 0.3) is 0 Å². The van der Waals surface area contributed by atoms with Gasteiger partial charge in [0, 0.05) is 0 Å². The third-order valence-electron chi connectivity index (χ3n) is 0. The zero-order chi connectivity index (χ0) is 0. The molecule has 0 atom stereocenters. The van der Waals surface area contributed by atoms with E-state index in [1.165, 1.54) is 0 Å². The van der Waals surface area contributed by atoms with Gasteiger partial charge in [-0.3, -0.25) is 0 Å². The van der Waals surface area contributed by atoms with E-state index in [1.54, 1.807) is 0 Å². The normalized spacial score (nSPS) is 0. The predicted octanol–water partition coefficient (Wildman–Crippen LogP) is -3.21. The summed E-state index contributed by atoms with van der Waals surface area (Å²) in [6.45, 7) is 0. The number of hydrogen-bond donors (Lipinski definition) is 0. The minimum absolute atomic E-state index is 0. The zero-order valence-electron chi connectivity index (χ0n) is 1.00. The molecule has 0 fully saturated rings. The van der Waals surface area contributed by atoms with Crippen LogP contribution in [0, 0.1) is 0 Å². The molecule has 0 aromatic heterocycles. The summed E-state index contributed by atoms with van der Waals surface area (Å²) >= 11 is 0. The van der Waals surface area contributed by atoms with Gasteiger partial charge in [0.15, 0.2) is 0 Å². The maximum absolute atomic E-state index is 0. The average molecular weight is 215 g/mol. The van der Waals surface area contributed by atoms with Gasteiger partial charge in [0.2, 0.25) is 0 Å². The molecule has 0 amide bonds. The first-order chi connectivity index (χ1) is 0. The van der Waals surface area contributed by atoms with Crippen LogP contribution in [0.1, 0.15) is 0 Å². The van der Waals surface area contributed by atoms with E-state index in [9.17, 15) is 0 Å². The molecule has 0 heterocycles. The van der Waals surface area contributed by atoms with Gasteiger partial charge in [0.1, 0.15) is 0 Å². The Kier molecular flexibility index (Phi) is 113. The molecule has 0 aliphatic carbocycles. The van der Waals surface area contributed by atoms with Crippen molar-refractivity contribution >= 4 is 100 Å². The van der Waals surface area contributed by atoms with Gasteiger partial charge in [-0.25, -0.2) is 0 Å². The summed E-state index contributed by atoms with van der Waals surface area (Å²) in [6.07, 6.45) is 0. The molecule has 0 bridgehead atoms. The van der Waals surface area contributed by atoms with Crippen molar-refractivity contribution in [3.63, 3.8) is 0 Å². The van der Waals surface area contributed by atoms with Crippen molar-refractivity contribution in [3.05, 3.63) is 0 Å². The molecule has 4 heteroatoms. The minimum atomic E-state index is 0. The molecule has 4 N–H and O–H groups in total. The Labute approximate surface area is 108 Å². The monoisotopic (exact) mass is 216 g/mol. The van der Waals surface area contributed by atoms with E-state index in [0.717, 1.165) is 0 Å². The fourth-order valence-corrected chi connectivity index (χ4v) is 0. The summed E-state index contributed by atoms with van der Waals surface area (Å²) < 4.78 is 0. The Hall–Kier alpha value is 3.13. The van der Waals surface area contributed by atoms with E-state index in [0.29, 0.717) is 0 Å². The van der Waals surface area contributed by atoms with Crippen molar-refractivity contribution in [3.8, 4) is 0 Å². The van der Waals surface area contributed by atoms with Crippen molar-refractivity contribution in [1.29, 1.82) is 0 Å². The number of rotatable bonds is 0. The van der Waals surface area contributed by atoms with Crippen molar-refractivity contribution in [2.75, 3.05) is 0 Å². The Morgan fingerprint density at radius 2 is 0.750 bits per heavy atom. The van der Waals surface area contributed by atoms with E-state index in [1.807, 2.05) is 0 Å². The zero-order valence-corrected chi connectivity index (χ0v) is 1.00. The molecule has 0 saturated heterocycles. The summed E-state index contributed by atoms with van der Waals surface area (Å²) in [5, 5.41) is 0. The van der Waals surface area contributed by atoms with Crippen LogP contribution in [0.25, 0.3) is 0 Å². The molecule has 0 saturated carbocycles. The first-order valence-corrected chi connectivity index (χ1v) is 0. The van der Waals surface area contributed by atoms with Crippen LogP contribution >= 0.6 is 0 Å². The fourth-order valence-electron chi connectivity index (χ4n) is 0. The molecule has 0 aliphatic rings. The van der Waals surface area contributed by atoms with E-state index in [-0.39, 0.29) is 111 Å². The summed E-state index contributed by atoms with van der Waals surface area (Å²) in [4.78, 5) is 0. The standard InChI is InChI=1S/Ba.K.2H2O.3H/h;;2*1H2;;;. The molecule has 22 valence electrons. The van der Waals surface area contributed by atoms with Crippen LogP contribution in [-0.2, 0) is 0 Å². The van der Waals surface area contributed by atoms with E-state index < -0.39 is 0 Å². The second-order valence-corrected chi connectivity index (χ2v) is 0. The van der Waals surface area contributed by atoms with Gasteiger partial charge < -0.3 is 11.0 Å². The summed E-state index contributed by atoms with van der Waals surface area (Å²) in [5.74, 6) is 0. The predicted molar refractivity (Wildman–Crippen MR) is 22.9 cm³/mol. The Bertz CT molecular complexity index is 6.00. The van der Waals surface area contributed by atoms with E-state index in [2.05, 4.69) is 0 Å². The van der Waals surface area contributed by atoms with E-state index in [4.69, 9.17) is 0 Å². The van der Waals surface area contributed by atoms with Crippen LogP contribution in [0.4, 0.5) is 0 Å². The molecular formula is H7BaKO2. The van der Waals surface area contributed by atoms with Gasteiger partial charge in [-0.1, -0.05) is 0 Å². The van der Waals surface area contributed by atoms with Gasteiger partial charge in [-0.15, -0.1) is 0 Å². The average Bonchev–Trinajstić information content (AvgIpc) is 0. The van der Waals surface area contributed by atoms with Crippen molar-refractivity contribution in [1.82, 2.24) is 0 Å². The molecule has 0 radical (unpaired) electrons. The molecule has 0 aliphatic heterocycles. The molecular weight excluding hydrogens is 208 g/mol. The van der Waals surface area contributed by atoms with Crippen molar-refractivity contribution in [2.24, 2.45) is 0 Å². The van der Waals surface area contributed by atoms with Crippen LogP contribution in [0.5, 0.6) is 0 Å². The molecule has 4 heavy (non-hydrogen) atoms. The second-order valence-electron chi connectivity index (χ2n) is 0. The van der Waals surface area contributed by atoms with Crippen LogP contribution in [0.15, 0.2) is 0 Å². The van der Waals surface area contributed by atoms with Gasteiger partial charge in [0.05, 0.1) is 0 Å². The molecule has 2 nitrogen and oxygen atoms in total. The molecule has 0 spiro atoms. The van der Waals surface area contributed by atoms with Crippen molar-refractivity contribution < 1.29 is 11.0 Å². The Balaban J connectivity index is 0. The molecule has 0 aromatic carbocycles. The Morgan fingerprint density at radius 1 is 0.750 bits per heavy atom.